The van der Waals surface area contributed by atoms with E-state index < -0.39 is 17.9 Å². The third-order valence-electron chi connectivity index (χ3n) is 2.63. The Morgan fingerprint density at radius 3 is 2.29 bits per heavy atom. The predicted molar refractivity (Wildman–Crippen MR) is 62.8 cm³/mol. The SMILES string of the molecule is O=C(O)C[C@H](CCCc1ccccc1)C(=O)O. The van der Waals surface area contributed by atoms with Crippen molar-refractivity contribution in [2.45, 2.75) is 25.7 Å². The summed E-state index contributed by atoms with van der Waals surface area (Å²) in [5, 5.41) is 17.4. The molecule has 0 aliphatic rings. The van der Waals surface area contributed by atoms with E-state index in [9.17, 15) is 9.59 Å². The molecule has 0 aliphatic carbocycles. The maximum Gasteiger partial charge on any atom is 0.307 e. The van der Waals surface area contributed by atoms with Crippen LogP contribution < -0.4 is 0 Å². The number of aryl methyl sites for hydroxylation is 1. The van der Waals surface area contributed by atoms with Crippen LogP contribution in [0.1, 0.15) is 24.8 Å². The highest BCUT2D eigenvalue weighted by Gasteiger charge is 2.20. The largest absolute Gasteiger partial charge is 0.481 e. The quantitative estimate of drug-likeness (QED) is 0.761. The van der Waals surface area contributed by atoms with Crippen LogP contribution in [0.3, 0.4) is 0 Å². The number of carbonyl (C=O) groups is 2. The smallest absolute Gasteiger partial charge is 0.307 e. The molecule has 0 spiro atoms. The molecule has 92 valence electrons. The number of benzene rings is 1. The molecule has 17 heavy (non-hydrogen) atoms. The molecule has 0 heterocycles. The Hall–Kier alpha value is -1.84. The van der Waals surface area contributed by atoms with Crippen LogP contribution in [0.2, 0.25) is 0 Å². The first-order valence-corrected chi connectivity index (χ1v) is 5.58. The average molecular weight is 236 g/mol. The number of carboxylic acids is 2. The Morgan fingerprint density at radius 2 is 1.76 bits per heavy atom. The minimum Gasteiger partial charge on any atom is -0.481 e. The Morgan fingerprint density at radius 1 is 1.12 bits per heavy atom. The average Bonchev–Trinajstić information content (AvgIpc) is 2.28. The molecule has 0 aromatic heterocycles. The highest BCUT2D eigenvalue weighted by molar-refractivity contribution is 5.77. The third-order valence-corrected chi connectivity index (χ3v) is 2.63. The van der Waals surface area contributed by atoms with Crippen molar-refractivity contribution in [3.8, 4) is 0 Å². The van der Waals surface area contributed by atoms with Crippen molar-refractivity contribution in [2.75, 3.05) is 0 Å². The summed E-state index contributed by atoms with van der Waals surface area (Å²) in [6, 6.07) is 9.75. The Balaban J connectivity index is 2.37. The van der Waals surface area contributed by atoms with E-state index in [2.05, 4.69) is 0 Å². The van der Waals surface area contributed by atoms with Crippen LogP contribution in [0.25, 0.3) is 0 Å². The third kappa shape index (κ3) is 5.15. The van der Waals surface area contributed by atoms with Gasteiger partial charge in [0.15, 0.2) is 0 Å². The van der Waals surface area contributed by atoms with Crippen molar-refractivity contribution in [1.82, 2.24) is 0 Å². The summed E-state index contributed by atoms with van der Waals surface area (Å²) in [6.07, 6.45) is 1.57. The van der Waals surface area contributed by atoms with E-state index >= 15 is 0 Å². The van der Waals surface area contributed by atoms with Gasteiger partial charge in [0.2, 0.25) is 0 Å². The minimum absolute atomic E-state index is 0.301. The van der Waals surface area contributed by atoms with Gasteiger partial charge in [-0.3, -0.25) is 9.59 Å². The van der Waals surface area contributed by atoms with Gasteiger partial charge in [-0.15, -0.1) is 0 Å². The molecule has 0 radical (unpaired) electrons. The second kappa shape index (κ2) is 6.68. The molecule has 1 aromatic rings. The number of hydrogen-bond donors (Lipinski definition) is 2. The van der Waals surface area contributed by atoms with Crippen molar-refractivity contribution >= 4 is 11.9 Å². The minimum atomic E-state index is -1.06. The predicted octanol–water partition coefficient (Wildman–Crippen LogP) is 2.18. The van der Waals surface area contributed by atoms with Crippen LogP contribution in [0.15, 0.2) is 30.3 Å². The van der Waals surface area contributed by atoms with E-state index in [1.54, 1.807) is 0 Å². The van der Waals surface area contributed by atoms with Crippen LogP contribution in [-0.4, -0.2) is 22.2 Å². The molecule has 1 aromatic carbocycles. The van der Waals surface area contributed by atoms with Crippen molar-refractivity contribution in [3.05, 3.63) is 35.9 Å². The summed E-state index contributed by atoms with van der Waals surface area (Å²) in [7, 11) is 0. The topological polar surface area (TPSA) is 74.6 Å². The lowest BCUT2D eigenvalue weighted by Gasteiger charge is -2.09. The maximum atomic E-state index is 10.8. The van der Waals surface area contributed by atoms with Crippen molar-refractivity contribution < 1.29 is 19.8 Å². The van der Waals surface area contributed by atoms with Crippen LogP contribution in [-0.2, 0) is 16.0 Å². The molecule has 0 saturated carbocycles. The zero-order valence-electron chi connectivity index (χ0n) is 9.50. The summed E-state index contributed by atoms with van der Waals surface area (Å²) < 4.78 is 0. The molecule has 4 heteroatoms. The lowest BCUT2D eigenvalue weighted by atomic mass is 9.97. The van der Waals surface area contributed by atoms with Gasteiger partial charge in [0, 0.05) is 0 Å². The fourth-order valence-corrected chi connectivity index (χ4v) is 1.72. The summed E-state index contributed by atoms with van der Waals surface area (Å²) in [4.78, 5) is 21.3. The zero-order valence-corrected chi connectivity index (χ0v) is 9.50. The summed E-state index contributed by atoms with van der Waals surface area (Å²) in [5.41, 5.74) is 1.15. The van der Waals surface area contributed by atoms with Gasteiger partial charge in [-0.05, 0) is 24.8 Å². The van der Waals surface area contributed by atoms with Crippen LogP contribution >= 0.6 is 0 Å². The number of aliphatic carboxylic acids is 2. The van der Waals surface area contributed by atoms with Gasteiger partial charge in [-0.1, -0.05) is 30.3 Å². The van der Waals surface area contributed by atoms with Crippen LogP contribution in [0, 0.1) is 5.92 Å². The molecule has 1 atom stereocenters. The van der Waals surface area contributed by atoms with E-state index in [1.165, 1.54) is 0 Å². The molecule has 0 fully saturated rings. The van der Waals surface area contributed by atoms with Crippen molar-refractivity contribution in [2.24, 2.45) is 5.92 Å². The Bertz CT molecular complexity index is 372. The van der Waals surface area contributed by atoms with Crippen LogP contribution in [0.5, 0.6) is 0 Å². The Kier molecular flexibility index (Phi) is 5.20. The summed E-state index contributed by atoms with van der Waals surface area (Å²) in [5.74, 6) is -2.87. The molecule has 2 N–H and O–H groups in total. The molecular weight excluding hydrogens is 220 g/mol. The van der Waals surface area contributed by atoms with Crippen molar-refractivity contribution in [1.29, 1.82) is 0 Å². The summed E-state index contributed by atoms with van der Waals surface area (Å²) >= 11 is 0. The number of rotatable bonds is 7. The lowest BCUT2D eigenvalue weighted by molar-refractivity contribution is -0.148. The van der Waals surface area contributed by atoms with E-state index in [0.29, 0.717) is 12.8 Å². The monoisotopic (exact) mass is 236 g/mol. The van der Waals surface area contributed by atoms with E-state index in [4.69, 9.17) is 10.2 Å². The molecule has 0 unspecified atom stereocenters. The second-order valence-corrected chi connectivity index (χ2v) is 4.01. The lowest BCUT2D eigenvalue weighted by Crippen LogP contribution is -2.17. The van der Waals surface area contributed by atoms with Gasteiger partial charge in [0.25, 0.3) is 0 Å². The molecule has 1 rings (SSSR count). The molecule has 0 aliphatic heterocycles. The van der Waals surface area contributed by atoms with E-state index in [0.717, 1.165) is 12.0 Å². The highest BCUT2D eigenvalue weighted by atomic mass is 16.4. The van der Waals surface area contributed by atoms with E-state index in [-0.39, 0.29) is 6.42 Å². The second-order valence-electron chi connectivity index (χ2n) is 4.01. The maximum absolute atomic E-state index is 10.8. The first-order valence-electron chi connectivity index (χ1n) is 5.58. The first kappa shape index (κ1) is 13.2. The molecule has 0 saturated heterocycles. The van der Waals surface area contributed by atoms with Crippen LogP contribution in [0.4, 0.5) is 0 Å². The van der Waals surface area contributed by atoms with Gasteiger partial charge in [-0.2, -0.15) is 0 Å². The van der Waals surface area contributed by atoms with Gasteiger partial charge in [0.1, 0.15) is 0 Å². The summed E-state index contributed by atoms with van der Waals surface area (Å²) in [6.45, 7) is 0. The van der Waals surface area contributed by atoms with Gasteiger partial charge in [-0.25, -0.2) is 0 Å². The zero-order chi connectivity index (χ0) is 12.7. The van der Waals surface area contributed by atoms with E-state index in [1.807, 2.05) is 30.3 Å². The number of hydrogen-bond acceptors (Lipinski definition) is 2. The fraction of sp³-hybridized carbons (Fsp3) is 0.385. The molecule has 0 amide bonds. The van der Waals surface area contributed by atoms with Crippen molar-refractivity contribution in [3.63, 3.8) is 0 Å². The molecule has 0 bridgehead atoms. The first-order chi connectivity index (χ1) is 8.09. The van der Waals surface area contributed by atoms with Gasteiger partial charge < -0.3 is 10.2 Å². The van der Waals surface area contributed by atoms with Gasteiger partial charge >= 0.3 is 11.9 Å². The van der Waals surface area contributed by atoms with Gasteiger partial charge in [0.05, 0.1) is 12.3 Å². The normalized spacial score (nSPS) is 12.0. The Labute approximate surface area is 99.9 Å². The standard InChI is InChI=1S/C13H16O4/c14-12(15)9-11(13(16)17)8-4-7-10-5-2-1-3-6-10/h1-3,5-6,11H,4,7-9H2,(H,14,15)(H,16,17)/t11-/m0/s1. The molecule has 4 nitrogen and oxygen atoms in total. The number of carboxylic acid groups (broad SMARTS) is 2. The molecular formula is C13H16O4. The fourth-order valence-electron chi connectivity index (χ4n) is 1.72. The highest BCUT2D eigenvalue weighted by Crippen LogP contribution is 2.14.